The van der Waals surface area contributed by atoms with Gasteiger partial charge in [0.25, 0.3) is 0 Å². The van der Waals surface area contributed by atoms with Crippen molar-refractivity contribution in [1.82, 2.24) is 19.7 Å². The highest BCUT2D eigenvalue weighted by atomic mass is 32.2. The van der Waals surface area contributed by atoms with Gasteiger partial charge in [-0.25, -0.2) is 4.98 Å². The van der Waals surface area contributed by atoms with Gasteiger partial charge in [-0.3, -0.25) is 0 Å². The van der Waals surface area contributed by atoms with Crippen molar-refractivity contribution in [1.29, 1.82) is 0 Å². The number of hydrogen-bond donors (Lipinski definition) is 1. The van der Waals surface area contributed by atoms with Crippen molar-refractivity contribution in [3.05, 3.63) is 23.7 Å². The zero-order valence-corrected chi connectivity index (χ0v) is 12.2. The van der Waals surface area contributed by atoms with Crippen LogP contribution >= 0.6 is 11.8 Å². The first kappa shape index (κ1) is 12.2. The van der Waals surface area contributed by atoms with Crippen LogP contribution in [-0.2, 0) is 0 Å². The highest BCUT2D eigenvalue weighted by Gasteiger charge is 2.36. The molecule has 2 aliphatic carbocycles. The van der Waals surface area contributed by atoms with Crippen molar-refractivity contribution in [2.24, 2.45) is 0 Å². The SMILES string of the molecule is Cc1nc(Sc2nnc(C3CC3)n2C2CC2)ccc1N. The van der Waals surface area contributed by atoms with Gasteiger partial charge in [0, 0.05) is 12.0 Å². The van der Waals surface area contributed by atoms with Crippen LogP contribution < -0.4 is 5.73 Å². The first-order valence-corrected chi connectivity index (χ1v) is 7.90. The summed E-state index contributed by atoms with van der Waals surface area (Å²) in [6.07, 6.45) is 5.02. The minimum absolute atomic E-state index is 0.609. The molecule has 0 aliphatic heterocycles. The van der Waals surface area contributed by atoms with E-state index in [9.17, 15) is 0 Å². The van der Waals surface area contributed by atoms with Crippen LogP contribution in [0.2, 0.25) is 0 Å². The number of rotatable bonds is 4. The molecule has 0 spiro atoms. The summed E-state index contributed by atoms with van der Waals surface area (Å²) in [6.45, 7) is 1.93. The van der Waals surface area contributed by atoms with Gasteiger partial charge >= 0.3 is 0 Å². The van der Waals surface area contributed by atoms with Crippen LogP contribution in [0.4, 0.5) is 5.69 Å². The second-order valence-corrected chi connectivity index (χ2v) is 6.63. The topological polar surface area (TPSA) is 69.6 Å². The van der Waals surface area contributed by atoms with E-state index >= 15 is 0 Å². The maximum absolute atomic E-state index is 5.82. The fourth-order valence-electron chi connectivity index (χ4n) is 2.35. The highest BCUT2D eigenvalue weighted by Crippen LogP contribution is 2.46. The van der Waals surface area contributed by atoms with Gasteiger partial charge in [0.05, 0.1) is 11.4 Å². The molecular formula is C14H17N5S. The van der Waals surface area contributed by atoms with E-state index in [2.05, 4.69) is 19.7 Å². The molecular weight excluding hydrogens is 270 g/mol. The van der Waals surface area contributed by atoms with Crippen molar-refractivity contribution in [3.63, 3.8) is 0 Å². The van der Waals surface area contributed by atoms with E-state index in [0.717, 1.165) is 21.6 Å². The van der Waals surface area contributed by atoms with Crippen LogP contribution in [0, 0.1) is 6.92 Å². The van der Waals surface area contributed by atoms with Crippen molar-refractivity contribution in [2.75, 3.05) is 5.73 Å². The third-order valence-corrected chi connectivity index (χ3v) is 4.74. The third-order valence-electron chi connectivity index (χ3n) is 3.84. The number of nitrogens with zero attached hydrogens (tertiary/aromatic N) is 4. The lowest BCUT2D eigenvalue weighted by molar-refractivity contribution is 0.626. The average molecular weight is 287 g/mol. The van der Waals surface area contributed by atoms with Gasteiger partial charge in [0.2, 0.25) is 0 Å². The quantitative estimate of drug-likeness (QED) is 0.936. The number of anilines is 1. The molecule has 0 unspecified atom stereocenters. The Kier molecular flexibility index (Phi) is 2.73. The van der Waals surface area contributed by atoms with Crippen LogP contribution in [-0.4, -0.2) is 19.7 Å². The van der Waals surface area contributed by atoms with Crippen molar-refractivity contribution in [3.8, 4) is 0 Å². The fraction of sp³-hybridized carbons (Fsp3) is 0.500. The van der Waals surface area contributed by atoms with E-state index < -0.39 is 0 Å². The summed E-state index contributed by atoms with van der Waals surface area (Å²) < 4.78 is 2.34. The molecule has 2 heterocycles. The summed E-state index contributed by atoms with van der Waals surface area (Å²) in [7, 11) is 0. The average Bonchev–Trinajstić information content (AvgIpc) is 3.33. The lowest BCUT2D eigenvalue weighted by Gasteiger charge is -2.08. The molecule has 6 heteroatoms. The number of nitrogen functional groups attached to an aromatic ring is 1. The molecule has 5 nitrogen and oxygen atoms in total. The molecule has 2 aromatic heterocycles. The van der Waals surface area contributed by atoms with Gasteiger partial charge in [0.15, 0.2) is 5.16 Å². The maximum Gasteiger partial charge on any atom is 0.197 e. The molecule has 0 aromatic carbocycles. The van der Waals surface area contributed by atoms with Gasteiger partial charge in [-0.2, -0.15) is 0 Å². The Labute approximate surface area is 122 Å². The maximum atomic E-state index is 5.82. The van der Waals surface area contributed by atoms with E-state index in [1.807, 2.05) is 19.1 Å². The predicted molar refractivity (Wildman–Crippen MR) is 77.8 cm³/mol. The zero-order chi connectivity index (χ0) is 13.7. The van der Waals surface area contributed by atoms with Gasteiger partial charge < -0.3 is 10.3 Å². The minimum Gasteiger partial charge on any atom is -0.397 e. The monoisotopic (exact) mass is 287 g/mol. The number of nitrogens with two attached hydrogens (primary N) is 1. The van der Waals surface area contributed by atoms with E-state index in [4.69, 9.17) is 5.73 Å². The van der Waals surface area contributed by atoms with Crippen LogP contribution in [0.1, 0.15) is 49.2 Å². The summed E-state index contributed by atoms with van der Waals surface area (Å²) in [6, 6.07) is 4.47. The summed E-state index contributed by atoms with van der Waals surface area (Å²) in [5.74, 6) is 1.82. The predicted octanol–water partition coefficient (Wildman–Crippen LogP) is 2.93. The summed E-state index contributed by atoms with van der Waals surface area (Å²) in [4.78, 5) is 4.52. The highest BCUT2D eigenvalue weighted by molar-refractivity contribution is 7.99. The Morgan fingerprint density at radius 3 is 2.65 bits per heavy atom. The number of hydrogen-bond acceptors (Lipinski definition) is 5. The standard InChI is InChI=1S/C14H17N5S/c1-8-11(15)6-7-12(16-8)20-14-18-17-13(9-2-3-9)19(14)10-4-5-10/h6-7,9-10H,2-5,15H2,1H3. The van der Waals surface area contributed by atoms with Crippen LogP contribution in [0.5, 0.6) is 0 Å². The fourth-order valence-corrected chi connectivity index (χ4v) is 3.28. The lowest BCUT2D eigenvalue weighted by atomic mass is 10.3. The van der Waals surface area contributed by atoms with E-state index in [0.29, 0.717) is 12.0 Å². The second kappa shape index (κ2) is 4.48. The van der Waals surface area contributed by atoms with E-state index in [-0.39, 0.29) is 0 Å². The van der Waals surface area contributed by atoms with Crippen LogP contribution in [0.25, 0.3) is 0 Å². The number of aryl methyl sites for hydroxylation is 1. The largest absolute Gasteiger partial charge is 0.397 e. The van der Waals surface area contributed by atoms with Crippen LogP contribution in [0.3, 0.4) is 0 Å². The molecule has 0 bridgehead atoms. The van der Waals surface area contributed by atoms with E-state index in [1.165, 1.54) is 31.5 Å². The molecule has 20 heavy (non-hydrogen) atoms. The minimum atomic E-state index is 0.609. The van der Waals surface area contributed by atoms with Gasteiger partial charge in [-0.1, -0.05) is 0 Å². The number of pyridine rings is 1. The van der Waals surface area contributed by atoms with Gasteiger partial charge in [0.1, 0.15) is 10.9 Å². The Morgan fingerprint density at radius 2 is 2.00 bits per heavy atom. The molecule has 104 valence electrons. The lowest BCUT2D eigenvalue weighted by Crippen LogP contribution is -2.02. The van der Waals surface area contributed by atoms with Crippen LogP contribution in [0.15, 0.2) is 22.3 Å². The molecule has 0 saturated heterocycles. The summed E-state index contributed by atoms with van der Waals surface area (Å²) in [5.41, 5.74) is 7.42. The molecule has 0 radical (unpaired) electrons. The Hall–Kier alpha value is -1.56. The Bertz CT molecular complexity index is 658. The second-order valence-electron chi connectivity index (χ2n) is 5.64. The molecule has 2 fully saturated rings. The van der Waals surface area contributed by atoms with E-state index in [1.54, 1.807) is 11.8 Å². The third kappa shape index (κ3) is 2.18. The molecule has 2 saturated carbocycles. The normalized spacial score (nSPS) is 18.4. The van der Waals surface area contributed by atoms with Crippen molar-refractivity contribution >= 4 is 17.4 Å². The van der Waals surface area contributed by atoms with Gasteiger partial charge in [-0.15, -0.1) is 10.2 Å². The Balaban J connectivity index is 1.66. The number of aromatic nitrogens is 4. The summed E-state index contributed by atoms with van der Waals surface area (Å²) >= 11 is 1.59. The smallest absolute Gasteiger partial charge is 0.197 e. The van der Waals surface area contributed by atoms with Gasteiger partial charge in [-0.05, 0) is 56.5 Å². The van der Waals surface area contributed by atoms with Crippen molar-refractivity contribution < 1.29 is 0 Å². The molecule has 2 aliphatic rings. The molecule has 4 rings (SSSR count). The molecule has 2 aromatic rings. The molecule has 0 amide bonds. The first-order valence-electron chi connectivity index (χ1n) is 7.08. The molecule has 2 N–H and O–H groups in total. The summed E-state index contributed by atoms with van der Waals surface area (Å²) in [5, 5.41) is 10.7. The molecule has 0 atom stereocenters. The first-order chi connectivity index (χ1) is 9.72. The Morgan fingerprint density at radius 1 is 1.20 bits per heavy atom. The zero-order valence-electron chi connectivity index (χ0n) is 11.4. The van der Waals surface area contributed by atoms with Crippen molar-refractivity contribution in [2.45, 2.75) is 54.7 Å².